The van der Waals surface area contributed by atoms with Gasteiger partial charge in [-0.25, -0.2) is 0 Å². The minimum Gasteiger partial charge on any atom is -0.348 e. The van der Waals surface area contributed by atoms with Gasteiger partial charge >= 0.3 is 0 Å². The number of carbonyl (C=O) groups excluding carboxylic acids is 2. The number of benzene rings is 1. The van der Waals surface area contributed by atoms with Gasteiger partial charge in [0, 0.05) is 11.7 Å². The zero-order chi connectivity index (χ0) is 20.1. The van der Waals surface area contributed by atoms with Crippen molar-refractivity contribution in [2.75, 3.05) is 18.9 Å². The van der Waals surface area contributed by atoms with Gasteiger partial charge < -0.3 is 15.5 Å². The number of amides is 2. The molecule has 1 aromatic carbocycles. The SMILES string of the molecule is Cc1cccc(C)c1NC(=O)C[NH+](C)[C@@H](C)C(=O)N[C@@H]1CCC[C@H](C)[C@@H]1C. The number of carbonyl (C=O) groups is 2. The second-order valence-corrected chi connectivity index (χ2v) is 8.44. The Morgan fingerprint density at radius 2 is 1.81 bits per heavy atom. The molecule has 5 heteroatoms. The summed E-state index contributed by atoms with van der Waals surface area (Å²) < 4.78 is 0. The number of likely N-dealkylation sites (N-methyl/N-ethyl adjacent to an activating group) is 1. The van der Waals surface area contributed by atoms with Crippen LogP contribution in [0.15, 0.2) is 18.2 Å². The predicted molar refractivity (Wildman–Crippen MR) is 110 cm³/mol. The van der Waals surface area contributed by atoms with E-state index < -0.39 is 0 Å². The van der Waals surface area contributed by atoms with Crippen LogP contribution in [-0.2, 0) is 9.59 Å². The number of rotatable bonds is 6. The molecule has 0 spiro atoms. The number of anilines is 1. The van der Waals surface area contributed by atoms with E-state index in [4.69, 9.17) is 0 Å². The van der Waals surface area contributed by atoms with Gasteiger partial charge in [-0.2, -0.15) is 0 Å². The third kappa shape index (κ3) is 5.55. The summed E-state index contributed by atoms with van der Waals surface area (Å²) in [6.07, 6.45) is 3.47. The topological polar surface area (TPSA) is 62.6 Å². The van der Waals surface area contributed by atoms with Gasteiger partial charge in [-0.15, -0.1) is 0 Å². The number of hydrogen-bond donors (Lipinski definition) is 3. The van der Waals surface area contributed by atoms with Crippen molar-refractivity contribution in [3.63, 3.8) is 0 Å². The predicted octanol–water partition coefficient (Wildman–Crippen LogP) is 2.09. The normalized spacial score (nSPS) is 24.7. The molecule has 1 aromatic rings. The van der Waals surface area contributed by atoms with Crippen molar-refractivity contribution in [3.8, 4) is 0 Å². The molecule has 5 atom stereocenters. The highest BCUT2D eigenvalue weighted by molar-refractivity contribution is 5.93. The largest absolute Gasteiger partial charge is 0.348 e. The summed E-state index contributed by atoms with van der Waals surface area (Å²) in [5, 5.41) is 6.24. The van der Waals surface area contributed by atoms with Crippen LogP contribution in [0.2, 0.25) is 0 Å². The minimum absolute atomic E-state index is 0.0401. The molecule has 27 heavy (non-hydrogen) atoms. The first-order valence-corrected chi connectivity index (χ1v) is 10.2. The van der Waals surface area contributed by atoms with Crippen molar-refractivity contribution in [2.45, 2.75) is 66.0 Å². The third-order valence-electron chi connectivity index (χ3n) is 6.35. The molecule has 0 aromatic heterocycles. The molecule has 0 bridgehead atoms. The highest BCUT2D eigenvalue weighted by Crippen LogP contribution is 2.29. The van der Waals surface area contributed by atoms with Crippen LogP contribution in [-0.4, -0.2) is 37.5 Å². The van der Waals surface area contributed by atoms with Crippen LogP contribution < -0.4 is 15.5 Å². The molecule has 1 saturated carbocycles. The van der Waals surface area contributed by atoms with Crippen LogP contribution in [0.25, 0.3) is 0 Å². The van der Waals surface area contributed by atoms with E-state index in [1.807, 2.05) is 46.0 Å². The van der Waals surface area contributed by atoms with Crippen LogP contribution >= 0.6 is 0 Å². The Balaban J connectivity index is 1.89. The molecule has 0 saturated heterocycles. The van der Waals surface area contributed by atoms with Gasteiger partial charge in [0.2, 0.25) is 0 Å². The van der Waals surface area contributed by atoms with Gasteiger partial charge in [0.1, 0.15) is 0 Å². The van der Waals surface area contributed by atoms with Crippen LogP contribution in [0, 0.1) is 25.7 Å². The fourth-order valence-electron chi connectivity index (χ4n) is 3.92. The maximum atomic E-state index is 12.7. The van der Waals surface area contributed by atoms with E-state index in [-0.39, 0.29) is 30.4 Å². The molecule has 0 radical (unpaired) electrons. The van der Waals surface area contributed by atoms with Crippen molar-refractivity contribution in [1.29, 1.82) is 0 Å². The van der Waals surface area contributed by atoms with Crippen molar-refractivity contribution in [2.24, 2.45) is 11.8 Å². The molecule has 2 amide bonds. The molecule has 150 valence electrons. The van der Waals surface area contributed by atoms with Crippen LogP contribution in [0.1, 0.15) is 51.2 Å². The van der Waals surface area contributed by atoms with Gasteiger partial charge in [-0.05, 0) is 50.2 Å². The Morgan fingerprint density at radius 1 is 1.19 bits per heavy atom. The van der Waals surface area contributed by atoms with E-state index in [0.29, 0.717) is 11.8 Å². The Hall–Kier alpha value is -1.88. The molecule has 2 rings (SSSR count). The Morgan fingerprint density at radius 3 is 2.44 bits per heavy atom. The lowest BCUT2D eigenvalue weighted by Gasteiger charge is -2.35. The summed E-state index contributed by atoms with van der Waals surface area (Å²) in [5.74, 6) is 1.12. The second-order valence-electron chi connectivity index (χ2n) is 8.44. The summed E-state index contributed by atoms with van der Waals surface area (Å²) in [6.45, 7) is 10.6. The maximum absolute atomic E-state index is 12.7. The Kier molecular flexibility index (Phi) is 7.42. The molecule has 1 aliphatic carbocycles. The van der Waals surface area contributed by atoms with Gasteiger partial charge in [-0.1, -0.05) is 44.9 Å². The van der Waals surface area contributed by atoms with Gasteiger partial charge in [-0.3, -0.25) is 9.59 Å². The summed E-state index contributed by atoms with van der Waals surface area (Å²) in [4.78, 5) is 26.1. The zero-order valence-corrected chi connectivity index (χ0v) is 17.7. The van der Waals surface area contributed by atoms with E-state index >= 15 is 0 Å². The quantitative estimate of drug-likeness (QED) is 0.714. The van der Waals surface area contributed by atoms with Crippen LogP contribution in [0.3, 0.4) is 0 Å². The number of hydrogen-bond acceptors (Lipinski definition) is 2. The lowest BCUT2D eigenvalue weighted by Crippen LogP contribution is -3.15. The van der Waals surface area contributed by atoms with Crippen LogP contribution in [0.5, 0.6) is 0 Å². The third-order valence-corrected chi connectivity index (χ3v) is 6.35. The fourth-order valence-corrected chi connectivity index (χ4v) is 3.92. The standard InChI is InChI=1S/C22H35N3O2/c1-14-9-8-12-19(17(14)4)23-22(27)18(5)25(6)13-20(26)24-21-15(2)10-7-11-16(21)3/h7,10-11,14,17-19H,8-9,12-13H2,1-6H3,(H,23,27)(H,24,26)/p+1/t14-,17-,18-,19+/m0/s1. The average molecular weight is 375 g/mol. The monoisotopic (exact) mass is 374 g/mol. The summed E-state index contributed by atoms with van der Waals surface area (Å²) in [6, 6.07) is 5.94. The first-order chi connectivity index (χ1) is 12.7. The summed E-state index contributed by atoms with van der Waals surface area (Å²) in [5.41, 5.74) is 2.97. The lowest BCUT2D eigenvalue weighted by atomic mass is 9.78. The highest BCUT2D eigenvalue weighted by Gasteiger charge is 2.31. The van der Waals surface area contributed by atoms with Gasteiger partial charge in [0.15, 0.2) is 12.6 Å². The van der Waals surface area contributed by atoms with Crippen molar-refractivity contribution >= 4 is 17.5 Å². The lowest BCUT2D eigenvalue weighted by molar-refractivity contribution is -0.885. The van der Waals surface area contributed by atoms with Gasteiger partial charge in [0.05, 0.1) is 7.05 Å². The zero-order valence-electron chi connectivity index (χ0n) is 17.7. The number of aryl methyl sites for hydroxylation is 2. The molecular weight excluding hydrogens is 338 g/mol. The minimum atomic E-state index is -0.266. The van der Waals surface area contributed by atoms with E-state index in [9.17, 15) is 9.59 Å². The average Bonchev–Trinajstić information content (AvgIpc) is 2.61. The second kappa shape index (κ2) is 9.36. The molecule has 3 N–H and O–H groups in total. The molecule has 1 fully saturated rings. The first-order valence-electron chi connectivity index (χ1n) is 10.2. The maximum Gasteiger partial charge on any atom is 0.279 e. The number of para-hydroxylation sites is 1. The van der Waals surface area contributed by atoms with Crippen molar-refractivity contribution < 1.29 is 14.5 Å². The highest BCUT2D eigenvalue weighted by atomic mass is 16.2. The number of quaternary nitrogens is 1. The van der Waals surface area contributed by atoms with Crippen LogP contribution in [0.4, 0.5) is 5.69 Å². The molecule has 1 aliphatic rings. The van der Waals surface area contributed by atoms with E-state index in [1.54, 1.807) is 0 Å². The van der Waals surface area contributed by atoms with Gasteiger partial charge in [0.25, 0.3) is 11.8 Å². The van der Waals surface area contributed by atoms with Crippen molar-refractivity contribution in [3.05, 3.63) is 29.3 Å². The number of nitrogens with one attached hydrogen (secondary N) is 3. The molecular formula is C22H36N3O2+. The van der Waals surface area contributed by atoms with E-state index in [1.165, 1.54) is 12.8 Å². The first kappa shape index (κ1) is 21.4. The Bertz CT molecular complexity index is 653. The molecule has 5 nitrogen and oxygen atoms in total. The molecule has 0 aliphatic heterocycles. The Labute approximate surface area is 163 Å². The molecule has 0 heterocycles. The van der Waals surface area contributed by atoms with E-state index in [2.05, 4.69) is 24.5 Å². The summed E-state index contributed by atoms with van der Waals surface area (Å²) in [7, 11) is 1.90. The fraction of sp³-hybridized carbons (Fsp3) is 0.636. The smallest absolute Gasteiger partial charge is 0.279 e. The summed E-state index contributed by atoms with van der Waals surface area (Å²) >= 11 is 0. The molecule has 1 unspecified atom stereocenters. The van der Waals surface area contributed by atoms with Crippen molar-refractivity contribution in [1.82, 2.24) is 5.32 Å². The van der Waals surface area contributed by atoms with E-state index in [0.717, 1.165) is 28.1 Å².